The van der Waals surface area contributed by atoms with Crippen molar-refractivity contribution in [3.8, 4) is 28.7 Å². The van der Waals surface area contributed by atoms with Crippen LogP contribution in [-0.2, 0) is 0 Å². The number of alkyl halides is 1. The minimum Gasteiger partial charge on any atom is -0.508 e. The third kappa shape index (κ3) is 4.24. The summed E-state index contributed by atoms with van der Waals surface area (Å²) in [7, 11) is 0. The molecular weight excluding hydrogens is 461 g/mol. The Bertz CT molecular complexity index is 1300. The van der Waals surface area contributed by atoms with Crippen LogP contribution in [-0.4, -0.2) is 54.6 Å². The summed E-state index contributed by atoms with van der Waals surface area (Å²) < 4.78 is 31.1. The molecule has 3 aliphatic rings. The predicted octanol–water partition coefficient (Wildman–Crippen LogP) is 5.20. The molecule has 186 valence electrons. The van der Waals surface area contributed by atoms with Crippen molar-refractivity contribution in [2.75, 3.05) is 39.5 Å². The molecular formula is C29H28FNO5. The van der Waals surface area contributed by atoms with Gasteiger partial charge < -0.3 is 24.4 Å². The van der Waals surface area contributed by atoms with Gasteiger partial charge in [0.05, 0.1) is 13.3 Å². The van der Waals surface area contributed by atoms with E-state index >= 15 is 0 Å². The number of benzene rings is 3. The van der Waals surface area contributed by atoms with Crippen molar-refractivity contribution in [1.29, 1.82) is 0 Å². The van der Waals surface area contributed by atoms with Gasteiger partial charge in [-0.05, 0) is 59.7 Å². The van der Waals surface area contributed by atoms with E-state index in [-0.39, 0.29) is 24.1 Å². The molecule has 0 bridgehead atoms. The molecule has 6 rings (SSSR count). The van der Waals surface area contributed by atoms with Crippen LogP contribution < -0.4 is 14.2 Å². The minimum absolute atomic E-state index is 0.148. The van der Waals surface area contributed by atoms with Gasteiger partial charge in [0.1, 0.15) is 41.5 Å². The van der Waals surface area contributed by atoms with Crippen LogP contribution in [0, 0.1) is 5.92 Å². The van der Waals surface area contributed by atoms with Crippen molar-refractivity contribution < 1.29 is 28.8 Å². The maximum Gasteiger partial charge on any atom is 0.150 e. The molecule has 36 heavy (non-hydrogen) atoms. The van der Waals surface area contributed by atoms with Gasteiger partial charge in [0, 0.05) is 48.7 Å². The van der Waals surface area contributed by atoms with Crippen LogP contribution in [0.25, 0.3) is 11.1 Å². The molecule has 0 aliphatic carbocycles. The van der Waals surface area contributed by atoms with E-state index in [2.05, 4.69) is 4.90 Å². The van der Waals surface area contributed by atoms with Crippen molar-refractivity contribution in [2.24, 2.45) is 5.92 Å². The fourth-order valence-corrected chi connectivity index (χ4v) is 5.26. The lowest BCUT2D eigenvalue weighted by molar-refractivity contribution is 0.0668. The number of hydrogen-bond donors (Lipinski definition) is 2. The second-order valence-corrected chi connectivity index (χ2v) is 9.55. The van der Waals surface area contributed by atoms with Crippen LogP contribution in [0.1, 0.15) is 29.2 Å². The zero-order chi connectivity index (χ0) is 24.6. The molecule has 3 heterocycles. The third-order valence-corrected chi connectivity index (χ3v) is 7.09. The highest BCUT2D eigenvalue weighted by molar-refractivity contribution is 5.98. The summed E-state index contributed by atoms with van der Waals surface area (Å²) >= 11 is 0. The molecule has 0 radical (unpaired) electrons. The second kappa shape index (κ2) is 9.39. The smallest absolute Gasteiger partial charge is 0.150 e. The summed E-state index contributed by atoms with van der Waals surface area (Å²) in [6.45, 7) is 3.17. The van der Waals surface area contributed by atoms with Crippen LogP contribution in [0.2, 0.25) is 0 Å². The monoisotopic (exact) mass is 489 g/mol. The summed E-state index contributed by atoms with van der Waals surface area (Å²) in [4.78, 5) is 2.19. The number of halogens is 1. The van der Waals surface area contributed by atoms with Crippen LogP contribution in [0.3, 0.4) is 0 Å². The van der Waals surface area contributed by atoms with Gasteiger partial charge in [-0.1, -0.05) is 12.1 Å². The SMILES string of the molecule is Oc1ccc2c(c1)C1=C(c3cc(O)ccc3OCC1)[C@@H](c1ccc(OCCN3CC(CF)C3)cc1)O2. The van der Waals surface area contributed by atoms with Crippen LogP contribution in [0.4, 0.5) is 4.39 Å². The molecule has 0 amide bonds. The topological polar surface area (TPSA) is 71.4 Å². The highest BCUT2D eigenvalue weighted by Crippen LogP contribution is 2.52. The van der Waals surface area contributed by atoms with Crippen molar-refractivity contribution in [1.82, 2.24) is 4.90 Å². The van der Waals surface area contributed by atoms with E-state index in [1.54, 1.807) is 36.4 Å². The molecule has 0 saturated carbocycles. The van der Waals surface area contributed by atoms with Gasteiger partial charge in [-0.15, -0.1) is 0 Å². The molecule has 0 unspecified atom stereocenters. The molecule has 2 N–H and O–H groups in total. The first-order chi connectivity index (χ1) is 17.6. The third-order valence-electron chi connectivity index (χ3n) is 7.09. The molecule has 1 fully saturated rings. The Morgan fingerprint density at radius 1 is 0.917 bits per heavy atom. The Morgan fingerprint density at radius 2 is 1.64 bits per heavy atom. The summed E-state index contributed by atoms with van der Waals surface area (Å²) in [5.74, 6) is 2.64. The zero-order valence-electron chi connectivity index (χ0n) is 19.8. The van der Waals surface area contributed by atoms with E-state index in [9.17, 15) is 14.6 Å². The number of phenols is 2. The molecule has 1 atom stereocenters. The number of ether oxygens (including phenoxy) is 3. The van der Waals surface area contributed by atoms with Gasteiger partial charge in [-0.25, -0.2) is 0 Å². The van der Waals surface area contributed by atoms with Crippen molar-refractivity contribution in [2.45, 2.75) is 12.5 Å². The van der Waals surface area contributed by atoms with Gasteiger partial charge in [-0.3, -0.25) is 9.29 Å². The molecule has 0 spiro atoms. The first-order valence-corrected chi connectivity index (χ1v) is 12.3. The molecule has 3 aliphatic heterocycles. The Balaban J connectivity index is 1.30. The molecule has 3 aromatic rings. The lowest BCUT2D eigenvalue weighted by Crippen LogP contribution is -2.49. The standard InChI is InChI=1S/C29H28FNO5/c30-15-18-16-31(17-18)10-12-34-22-5-1-19(2-6-22)29-28-23(24-13-20(32)4-8-27(24)36-29)9-11-35-26-7-3-21(33)14-25(26)28/h1-8,13-14,18,29,32-33H,9-12,15-17H2/t29-/m1/s1. The maximum atomic E-state index is 12.6. The van der Waals surface area contributed by atoms with Gasteiger partial charge in [-0.2, -0.15) is 0 Å². The van der Waals surface area contributed by atoms with Crippen LogP contribution in [0.15, 0.2) is 60.7 Å². The lowest BCUT2D eigenvalue weighted by Gasteiger charge is -2.37. The highest BCUT2D eigenvalue weighted by atomic mass is 19.1. The Morgan fingerprint density at radius 3 is 2.39 bits per heavy atom. The van der Waals surface area contributed by atoms with Gasteiger partial charge >= 0.3 is 0 Å². The van der Waals surface area contributed by atoms with E-state index in [1.807, 2.05) is 24.3 Å². The first kappa shape index (κ1) is 22.7. The van der Waals surface area contributed by atoms with E-state index in [1.165, 1.54) is 0 Å². The van der Waals surface area contributed by atoms with E-state index < -0.39 is 6.10 Å². The largest absolute Gasteiger partial charge is 0.508 e. The molecule has 6 nitrogen and oxygen atoms in total. The zero-order valence-corrected chi connectivity index (χ0v) is 19.8. The van der Waals surface area contributed by atoms with Crippen molar-refractivity contribution >= 4 is 11.1 Å². The van der Waals surface area contributed by atoms with Gasteiger partial charge in [0.25, 0.3) is 0 Å². The number of rotatable bonds is 6. The van der Waals surface area contributed by atoms with E-state index in [0.717, 1.165) is 53.2 Å². The Labute approximate surface area is 209 Å². The minimum atomic E-state index is -0.424. The number of phenolic OH excluding ortho intramolecular Hbond substituents is 2. The number of hydrogen-bond acceptors (Lipinski definition) is 6. The number of fused-ring (bicyclic) bond motifs is 4. The van der Waals surface area contributed by atoms with Crippen molar-refractivity contribution in [3.05, 3.63) is 77.4 Å². The fraction of sp³-hybridized carbons (Fsp3) is 0.310. The lowest BCUT2D eigenvalue weighted by atomic mass is 9.84. The number of aromatic hydroxyl groups is 2. The van der Waals surface area contributed by atoms with E-state index in [0.29, 0.717) is 31.1 Å². The Hall–Kier alpha value is -3.71. The summed E-state index contributed by atoms with van der Waals surface area (Å²) in [5, 5.41) is 20.4. The molecule has 7 heteroatoms. The number of likely N-dealkylation sites (tertiary alicyclic amines) is 1. The predicted molar refractivity (Wildman–Crippen MR) is 134 cm³/mol. The van der Waals surface area contributed by atoms with Crippen LogP contribution in [0.5, 0.6) is 28.7 Å². The Kier molecular flexibility index (Phi) is 5.93. The van der Waals surface area contributed by atoms with Crippen LogP contribution >= 0.6 is 0 Å². The highest BCUT2D eigenvalue weighted by Gasteiger charge is 2.34. The fourth-order valence-electron chi connectivity index (χ4n) is 5.26. The maximum absolute atomic E-state index is 12.6. The van der Waals surface area contributed by atoms with E-state index in [4.69, 9.17) is 14.2 Å². The summed E-state index contributed by atoms with van der Waals surface area (Å²) in [5.41, 5.74) is 4.51. The molecule has 0 aromatic heterocycles. The average molecular weight is 490 g/mol. The second-order valence-electron chi connectivity index (χ2n) is 9.55. The summed E-state index contributed by atoms with van der Waals surface area (Å²) in [6, 6.07) is 18.1. The van der Waals surface area contributed by atoms with Gasteiger partial charge in [0.2, 0.25) is 0 Å². The molecule has 1 saturated heterocycles. The van der Waals surface area contributed by atoms with Crippen molar-refractivity contribution in [3.63, 3.8) is 0 Å². The quantitative estimate of drug-likeness (QED) is 0.496. The molecule has 3 aromatic carbocycles. The summed E-state index contributed by atoms with van der Waals surface area (Å²) in [6.07, 6.45) is 0.217. The van der Waals surface area contributed by atoms with Gasteiger partial charge in [0.15, 0.2) is 0 Å². The average Bonchev–Trinajstić information content (AvgIpc) is 3.05. The normalized spacial score (nSPS) is 19.2. The first-order valence-electron chi connectivity index (χ1n) is 12.3. The number of nitrogens with zero attached hydrogens (tertiary/aromatic N) is 1.